The van der Waals surface area contributed by atoms with Crippen LogP contribution in [-0.4, -0.2) is 36.5 Å². The molecule has 2 aromatic heterocycles. The van der Waals surface area contributed by atoms with E-state index in [1.165, 1.54) is 30.9 Å². The van der Waals surface area contributed by atoms with E-state index in [-0.39, 0.29) is 5.91 Å². The zero-order valence-electron chi connectivity index (χ0n) is 12.8. The van der Waals surface area contributed by atoms with Gasteiger partial charge in [-0.2, -0.15) is 10.2 Å². The maximum atomic E-state index is 11.9. The molecule has 8 heteroatoms. The summed E-state index contributed by atoms with van der Waals surface area (Å²) in [6.07, 6.45) is 7.44. The van der Waals surface area contributed by atoms with E-state index >= 15 is 0 Å². The fourth-order valence-electron chi connectivity index (χ4n) is 1.87. The van der Waals surface area contributed by atoms with E-state index in [0.717, 1.165) is 5.56 Å². The van der Waals surface area contributed by atoms with Gasteiger partial charge in [0.05, 0.1) is 18.1 Å². The van der Waals surface area contributed by atoms with E-state index in [2.05, 4.69) is 15.5 Å². The number of nitrogens with one attached hydrogen (secondary N) is 1. The van der Waals surface area contributed by atoms with Gasteiger partial charge in [0.2, 0.25) is 5.91 Å². The summed E-state index contributed by atoms with van der Waals surface area (Å²) in [4.78, 5) is 23.1. The van der Waals surface area contributed by atoms with E-state index in [1.54, 1.807) is 10.9 Å². The predicted octanol–water partition coefficient (Wildman–Crippen LogP) is 1.01. The molecular weight excluding hydrogens is 286 g/mol. The molecule has 0 aliphatic heterocycles. The van der Waals surface area contributed by atoms with Crippen LogP contribution in [-0.2, 0) is 28.6 Å². The molecule has 0 radical (unpaired) electrons. The normalized spacial score (nSPS) is 11.4. The largest absolute Gasteiger partial charge is 0.479 e. The monoisotopic (exact) mass is 305 g/mol. The molecule has 22 heavy (non-hydrogen) atoms. The van der Waals surface area contributed by atoms with E-state index in [9.17, 15) is 9.59 Å². The Morgan fingerprint density at radius 3 is 2.59 bits per heavy atom. The molecule has 0 bridgehead atoms. The quantitative estimate of drug-likeness (QED) is 0.829. The Bertz CT molecular complexity index is 686. The first-order chi connectivity index (χ1) is 10.3. The Morgan fingerprint density at radius 2 is 2.00 bits per heavy atom. The first-order valence-electron chi connectivity index (χ1n) is 6.85. The molecule has 2 heterocycles. The number of nitrogens with zero attached hydrogens (tertiary/aromatic N) is 4. The van der Waals surface area contributed by atoms with Crippen LogP contribution in [0.2, 0.25) is 0 Å². The molecule has 0 saturated carbocycles. The summed E-state index contributed by atoms with van der Waals surface area (Å²) in [5.41, 5.74) is 0.296. The molecule has 0 aliphatic rings. The second-order valence-electron chi connectivity index (χ2n) is 5.61. The Kier molecular flexibility index (Phi) is 4.30. The van der Waals surface area contributed by atoms with Crippen LogP contribution in [0.1, 0.15) is 25.8 Å². The van der Waals surface area contributed by atoms with E-state index in [0.29, 0.717) is 18.5 Å². The SMILES string of the molecule is Cn1cc(CCC(=O)Nc2cnn(C(C)(C)C(=O)O)c2)cn1. The highest BCUT2D eigenvalue weighted by Gasteiger charge is 2.30. The van der Waals surface area contributed by atoms with Crippen molar-refractivity contribution in [3.8, 4) is 0 Å². The fraction of sp³-hybridized carbons (Fsp3) is 0.429. The number of carboxylic acid groups (broad SMARTS) is 1. The lowest BCUT2D eigenvalue weighted by atomic mass is 10.1. The first-order valence-corrected chi connectivity index (χ1v) is 6.85. The maximum Gasteiger partial charge on any atom is 0.331 e. The molecule has 118 valence electrons. The van der Waals surface area contributed by atoms with Crippen molar-refractivity contribution in [3.05, 3.63) is 30.4 Å². The Balaban J connectivity index is 1.92. The molecule has 2 aromatic rings. The summed E-state index contributed by atoms with van der Waals surface area (Å²) in [5.74, 6) is -1.15. The van der Waals surface area contributed by atoms with Gasteiger partial charge in [-0.15, -0.1) is 0 Å². The Labute approximate surface area is 127 Å². The summed E-state index contributed by atoms with van der Waals surface area (Å²) in [7, 11) is 1.82. The lowest BCUT2D eigenvalue weighted by Gasteiger charge is -2.19. The standard InChI is InChI=1S/C14H19N5O3/c1-14(2,13(21)22)19-9-11(7-16-19)17-12(20)5-4-10-6-15-18(3)8-10/h6-9H,4-5H2,1-3H3,(H,17,20)(H,21,22). The van der Waals surface area contributed by atoms with Crippen LogP contribution >= 0.6 is 0 Å². The van der Waals surface area contributed by atoms with E-state index < -0.39 is 11.5 Å². The zero-order valence-corrected chi connectivity index (χ0v) is 12.8. The van der Waals surface area contributed by atoms with Gasteiger partial charge in [-0.25, -0.2) is 4.79 Å². The molecule has 0 unspecified atom stereocenters. The highest BCUT2D eigenvalue weighted by Crippen LogP contribution is 2.17. The van der Waals surface area contributed by atoms with Gasteiger partial charge in [0, 0.05) is 25.9 Å². The number of hydrogen-bond acceptors (Lipinski definition) is 4. The number of carboxylic acids is 1. The van der Waals surface area contributed by atoms with Crippen LogP contribution in [0.5, 0.6) is 0 Å². The lowest BCUT2D eigenvalue weighted by Crippen LogP contribution is -2.35. The molecule has 1 amide bonds. The van der Waals surface area contributed by atoms with Gasteiger partial charge >= 0.3 is 5.97 Å². The molecule has 0 fully saturated rings. The van der Waals surface area contributed by atoms with Crippen LogP contribution in [0.4, 0.5) is 5.69 Å². The molecule has 0 saturated heterocycles. The number of aryl methyl sites for hydroxylation is 2. The zero-order chi connectivity index (χ0) is 16.3. The second-order valence-corrected chi connectivity index (χ2v) is 5.61. The van der Waals surface area contributed by atoms with Gasteiger partial charge in [0.25, 0.3) is 0 Å². The van der Waals surface area contributed by atoms with E-state index in [1.807, 2.05) is 13.2 Å². The topological polar surface area (TPSA) is 102 Å². The summed E-state index contributed by atoms with van der Waals surface area (Å²) >= 11 is 0. The number of amides is 1. The van der Waals surface area contributed by atoms with Crippen molar-refractivity contribution in [2.24, 2.45) is 7.05 Å². The predicted molar refractivity (Wildman–Crippen MR) is 79.3 cm³/mol. The highest BCUT2D eigenvalue weighted by atomic mass is 16.4. The van der Waals surface area contributed by atoms with Gasteiger partial charge in [-0.1, -0.05) is 0 Å². The smallest absolute Gasteiger partial charge is 0.331 e. The number of rotatable bonds is 6. The third-order valence-corrected chi connectivity index (χ3v) is 3.36. The minimum absolute atomic E-state index is 0.156. The van der Waals surface area contributed by atoms with Crippen LogP contribution < -0.4 is 5.32 Å². The van der Waals surface area contributed by atoms with Gasteiger partial charge in [-0.3, -0.25) is 14.2 Å². The second kappa shape index (κ2) is 6.00. The van der Waals surface area contributed by atoms with Gasteiger partial charge < -0.3 is 10.4 Å². The van der Waals surface area contributed by atoms with Crippen molar-refractivity contribution in [3.63, 3.8) is 0 Å². The molecule has 8 nitrogen and oxygen atoms in total. The number of anilines is 1. The third-order valence-electron chi connectivity index (χ3n) is 3.36. The van der Waals surface area contributed by atoms with Crippen molar-refractivity contribution >= 4 is 17.6 Å². The van der Waals surface area contributed by atoms with Gasteiger partial charge in [0.1, 0.15) is 0 Å². The number of aliphatic carboxylic acids is 1. The van der Waals surface area contributed by atoms with Crippen LogP contribution in [0.25, 0.3) is 0 Å². The molecule has 2 N–H and O–H groups in total. The van der Waals surface area contributed by atoms with Crippen LogP contribution in [0.15, 0.2) is 24.8 Å². The summed E-state index contributed by atoms with van der Waals surface area (Å²) in [5, 5.41) is 19.9. The number of aromatic nitrogens is 4. The minimum Gasteiger partial charge on any atom is -0.479 e. The molecule has 2 rings (SSSR count). The van der Waals surface area contributed by atoms with Gasteiger partial charge in [0.15, 0.2) is 5.54 Å². The Morgan fingerprint density at radius 1 is 1.27 bits per heavy atom. The number of carbonyl (C=O) groups is 2. The average molecular weight is 305 g/mol. The minimum atomic E-state index is -1.17. The van der Waals surface area contributed by atoms with Crippen molar-refractivity contribution < 1.29 is 14.7 Å². The van der Waals surface area contributed by atoms with Crippen LogP contribution in [0, 0.1) is 0 Å². The van der Waals surface area contributed by atoms with Crippen molar-refractivity contribution in [1.82, 2.24) is 19.6 Å². The number of carbonyl (C=O) groups excluding carboxylic acids is 1. The summed E-state index contributed by atoms with van der Waals surface area (Å²) < 4.78 is 3.00. The first kappa shape index (κ1) is 15.7. The summed E-state index contributed by atoms with van der Waals surface area (Å²) in [6.45, 7) is 3.08. The lowest BCUT2D eigenvalue weighted by molar-refractivity contribution is -0.146. The van der Waals surface area contributed by atoms with E-state index in [4.69, 9.17) is 5.11 Å². The summed E-state index contributed by atoms with van der Waals surface area (Å²) in [6, 6.07) is 0. The van der Waals surface area contributed by atoms with Crippen LogP contribution in [0.3, 0.4) is 0 Å². The van der Waals surface area contributed by atoms with Crippen molar-refractivity contribution in [2.45, 2.75) is 32.2 Å². The third kappa shape index (κ3) is 3.51. The fourth-order valence-corrected chi connectivity index (χ4v) is 1.87. The average Bonchev–Trinajstić information content (AvgIpc) is 3.05. The number of hydrogen-bond donors (Lipinski definition) is 2. The molecule has 0 aliphatic carbocycles. The van der Waals surface area contributed by atoms with Crippen molar-refractivity contribution in [1.29, 1.82) is 0 Å². The van der Waals surface area contributed by atoms with Gasteiger partial charge in [-0.05, 0) is 25.8 Å². The van der Waals surface area contributed by atoms with Crippen molar-refractivity contribution in [2.75, 3.05) is 5.32 Å². The molecule has 0 aromatic carbocycles. The molecule has 0 spiro atoms. The maximum absolute atomic E-state index is 11.9. The molecule has 0 atom stereocenters. The Hall–Kier alpha value is -2.64. The highest BCUT2D eigenvalue weighted by molar-refractivity contribution is 5.90. The molecular formula is C14H19N5O3.